The first-order chi connectivity index (χ1) is 7.20. The summed E-state index contributed by atoms with van der Waals surface area (Å²) in [5, 5.41) is 20.4. The van der Waals surface area contributed by atoms with E-state index in [0.29, 0.717) is 6.54 Å². The van der Waals surface area contributed by atoms with E-state index in [1.54, 1.807) is 30.4 Å². The molecule has 0 saturated carbocycles. The SMILES string of the molecule is O=C(O)CNC/C=C/c1ccccc1O. The fourth-order valence-electron chi connectivity index (χ4n) is 1.08. The first-order valence-electron chi connectivity index (χ1n) is 4.57. The van der Waals surface area contributed by atoms with Gasteiger partial charge in [-0.1, -0.05) is 30.4 Å². The maximum atomic E-state index is 10.2. The molecule has 3 N–H and O–H groups in total. The first kappa shape index (κ1) is 11.3. The van der Waals surface area contributed by atoms with E-state index in [9.17, 15) is 9.90 Å². The second-order valence-electron chi connectivity index (χ2n) is 2.99. The molecule has 1 aromatic carbocycles. The highest BCUT2D eigenvalue weighted by Crippen LogP contribution is 2.16. The molecule has 0 aliphatic carbocycles. The molecule has 0 aromatic heterocycles. The van der Waals surface area contributed by atoms with Gasteiger partial charge in [0.1, 0.15) is 5.75 Å². The van der Waals surface area contributed by atoms with Crippen molar-refractivity contribution in [3.05, 3.63) is 35.9 Å². The normalized spacial score (nSPS) is 10.7. The molecule has 1 aromatic rings. The van der Waals surface area contributed by atoms with E-state index in [4.69, 9.17) is 5.11 Å². The maximum absolute atomic E-state index is 10.2. The predicted octanol–water partition coefficient (Wildman–Crippen LogP) is 1.08. The molecule has 0 atom stereocenters. The number of hydrogen-bond donors (Lipinski definition) is 3. The number of nitrogens with one attached hydrogen (secondary N) is 1. The fraction of sp³-hybridized carbons (Fsp3) is 0.182. The van der Waals surface area contributed by atoms with Crippen LogP contribution < -0.4 is 5.32 Å². The number of phenols is 1. The third-order valence-corrected chi connectivity index (χ3v) is 1.77. The average Bonchev–Trinajstić information content (AvgIpc) is 2.20. The molecule has 0 radical (unpaired) electrons. The Kier molecular flexibility index (Phi) is 4.37. The third kappa shape index (κ3) is 4.28. The Labute approximate surface area is 87.9 Å². The summed E-state index contributed by atoms with van der Waals surface area (Å²) in [4.78, 5) is 10.2. The Hall–Kier alpha value is -1.81. The van der Waals surface area contributed by atoms with Gasteiger partial charge >= 0.3 is 5.97 Å². The summed E-state index contributed by atoms with van der Waals surface area (Å²) in [5.41, 5.74) is 0.717. The van der Waals surface area contributed by atoms with Crippen molar-refractivity contribution in [2.75, 3.05) is 13.1 Å². The second-order valence-corrected chi connectivity index (χ2v) is 2.99. The molecule has 80 valence electrons. The summed E-state index contributed by atoms with van der Waals surface area (Å²) >= 11 is 0. The van der Waals surface area contributed by atoms with Crippen LogP contribution in [0.5, 0.6) is 5.75 Å². The van der Waals surface area contributed by atoms with Gasteiger partial charge in [0.15, 0.2) is 0 Å². The van der Waals surface area contributed by atoms with Crippen molar-refractivity contribution in [2.45, 2.75) is 0 Å². The highest BCUT2D eigenvalue weighted by molar-refractivity contribution is 5.69. The molecule has 0 heterocycles. The van der Waals surface area contributed by atoms with Gasteiger partial charge in [0.25, 0.3) is 0 Å². The van der Waals surface area contributed by atoms with Gasteiger partial charge in [0, 0.05) is 12.1 Å². The predicted molar refractivity (Wildman–Crippen MR) is 57.6 cm³/mol. The number of carboxylic acid groups (broad SMARTS) is 1. The number of carboxylic acids is 1. The van der Waals surface area contributed by atoms with Crippen molar-refractivity contribution in [3.8, 4) is 5.75 Å². The highest BCUT2D eigenvalue weighted by atomic mass is 16.4. The van der Waals surface area contributed by atoms with Crippen LogP contribution >= 0.6 is 0 Å². The van der Waals surface area contributed by atoms with Gasteiger partial charge in [-0.2, -0.15) is 0 Å². The standard InChI is InChI=1S/C11H13NO3/c13-10-6-2-1-4-9(10)5-3-7-12-8-11(14)15/h1-6,12-13H,7-8H2,(H,14,15)/b5-3+. The van der Waals surface area contributed by atoms with E-state index >= 15 is 0 Å². The molecule has 0 spiro atoms. The Balaban J connectivity index is 2.38. The summed E-state index contributed by atoms with van der Waals surface area (Å²) in [6.07, 6.45) is 3.50. The van der Waals surface area contributed by atoms with Crippen LogP contribution in [0.1, 0.15) is 5.56 Å². The van der Waals surface area contributed by atoms with E-state index in [0.717, 1.165) is 5.56 Å². The molecular weight excluding hydrogens is 194 g/mol. The number of rotatable bonds is 5. The molecule has 4 nitrogen and oxygen atoms in total. The number of para-hydroxylation sites is 1. The molecule has 0 amide bonds. The largest absolute Gasteiger partial charge is 0.507 e. The summed E-state index contributed by atoms with van der Waals surface area (Å²) in [5.74, 6) is -0.669. The van der Waals surface area contributed by atoms with Crippen molar-refractivity contribution >= 4 is 12.0 Å². The van der Waals surface area contributed by atoms with Gasteiger partial charge < -0.3 is 15.5 Å². The summed E-state index contributed by atoms with van der Waals surface area (Å²) in [7, 11) is 0. The Morgan fingerprint density at radius 1 is 1.40 bits per heavy atom. The van der Waals surface area contributed by atoms with E-state index in [-0.39, 0.29) is 12.3 Å². The smallest absolute Gasteiger partial charge is 0.317 e. The molecule has 0 bridgehead atoms. The topological polar surface area (TPSA) is 69.6 Å². The van der Waals surface area contributed by atoms with Crippen LogP contribution in [-0.2, 0) is 4.79 Å². The lowest BCUT2D eigenvalue weighted by Gasteiger charge is -1.98. The van der Waals surface area contributed by atoms with Gasteiger partial charge in [-0.25, -0.2) is 0 Å². The molecular formula is C11H13NO3. The lowest BCUT2D eigenvalue weighted by Crippen LogP contribution is -2.22. The quantitative estimate of drug-likeness (QED) is 0.632. The van der Waals surface area contributed by atoms with Crippen LogP contribution in [0.25, 0.3) is 6.08 Å². The van der Waals surface area contributed by atoms with Crippen molar-refractivity contribution < 1.29 is 15.0 Å². The van der Waals surface area contributed by atoms with E-state index in [1.165, 1.54) is 0 Å². The van der Waals surface area contributed by atoms with E-state index < -0.39 is 5.97 Å². The number of benzene rings is 1. The summed E-state index contributed by atoms with van der Waals surface area (Å²) in [6, 6.07) is 6.95. The minimum Gasteiger partial charge on any atom is -0.507 e. The molecule has 0 fully saturated rings. The Morgan fingerprint density at radius 2 is 2.13 bits per heavy atom. The van der Waals surface area contributed by atoms with Crippen molar-refractivity contribution in [1.82, 2.24) is 5.32 Å². The average molecular weight is 207 g/mol. The molecule has 0 aliphatic heterocycles. The van der Waals surface area contributed by atoms with Crippen molar-refractivity contribution in [3.63, 3.8) is 0 Å². The second kappa shape index (κ2) is 5.82. The zero-order valence-corrected chi connectivity index (χ0v) is 8.18. The molecule has 0 aliphatic rings. The number of phenolic OH excluding ortho intramolecular Hbond substituents is 1. The highest BCUT2D eigenvalue weighted by Gasteiger charge is 1.94. The first-order valence-corrected chi connectivity index (χ1v) is 4.57. The van der Waals surface area contributed by atoms with E-state index in [1.807, 2.05) is 6.07 Å². The monoisotopic (exact) mass is 207 g/mol. The van der Waals surface area contributed by atoms with Crippen LogP contribution in [0.15, 0.2) is 30.3 Å². The summed E-state index contributed by atoms with van der Waals surface area (Å²) < 4.78 is 0. The van der Waals surface area contributed by atoms with Gasteiger partial charge in [0.05, 0.1) is 6.54 Å². The number of hydrogen-bond acceptors (Lipinski definition) is 3. The van der Waals surface area contributed by atoms with Crippen LogP contribution in [0, 0.1) is 0 Å². The zero-order valence-electron chi connectivity index (χ0n) is 8.18. The summed E-state index contributed by atoms with van der Waals surface area (Å²) in [6.45, 7) is 0.395. The van der Waals surface area contributed by atoms with Crippen LogP contribution in [0.4, 0.5) is 0 Å². The maximum Gasteiger partial charge on any atom is 0.317 e. The van der Waals surface area contributed by atoms with Gasteiger partial charge in [-0.15, -0.1) is 0 Å². The minimum atomic E-state index is -0.883. The van der Waals surface area contributed by atoms with Gasteiger partial charge in [0.2, 0.25) is 0 Å². The third-order valence-electron chi connectivity index (χ3n) is 1.77. The van der Waals surface area contributed by atoms with Crippen molar-refractivity contribution in [2.24, 2.45) is 0 Å². The molecule has 4 heteroatoms. The molecule has 1 rings (SSSR count). The number of aliphatic carboxylic acids is 1. The number of aromatic hydroxyl groups is 1. The minimum absolute atomic E-state index is 0.0644. The lowest BCUT2D eigenvalue weighted by molar-refractivity contribution is -0.135. The Morgan fingerprint density at radius 3 is 2.80 bits per heavy atom. The molecule has 0 unspecified atom stereocenters. The molecule has 0 saturated heterocycles. The van der Waals surface area contributed by atoms with E-state index in [2.05, 4.69) is 5.32 Å². The lowest BCUT2D eigenvalue weighted by atomic mass is 10.2. The van der Waals surface area contributed by atoms with Gasteiger partial charge in [-0.05, 0) is 6.07 Å². The van der Waals surface area contributed by atoms with Crippen LogP contribution in [0.2, 0.25) is 0 Å². The van der Waals surface area contributed by atoms with Crippen LogP contribution in [0.3, 0.4) is 0 Å². The van der Waals surface area contributed by atoms with Crippen molar-refractivity contribution in [1.29, 1.82) is 0 Å². The van der Waals surface area contributed by atoms with Gasteiger partial charge in [-0.3, -0.25) is 4.79 Å². The zero-order chi connectivity index (χ0) is 11.1. The molecule has 15 heavy (non-hydrogen) atoms. The fourth-order valence-corrected chi connectivity index (χ4v) is 1.08. The Bertz CT molecular complexity index is 361. The number of carbonyl (C=O) groups is 1. The van der Waals surface area contributed by atoms with Crippen LogP contribution in [-0.4, -0.2) is 29.3 Å².